The number of likely N-dealkylation sites (tertiary alicyclic amines) is 1. The molecular formula is C24H28N4O4. The average Bonchev–Trinajstić information content (AvgIpc) is 3.12. The van der Waals surface area contributed by atoms with Crippen LogP contribution in [0.5, 0.6) is 0 Å². The van der Waals surface area contributed by atoms with E-state index in [1.165, 1.54) is 7.11 Å². The predicted molar refractivity (Wildman–Crippen MR) is 120 cm³/mol. The van der Waals surface area contributed by atoms with Gasteiger partial charge in [-0.25, -0.2) is 9.98 Å². The Morgan fingerprint density at radius 1 is 1.22 bits per heavy atom. The number of methoxy groups -OCH3 is 1. The van der Waals surface area contributed by atoms with Crippen LogP contribution in [0, 0.1) is 11.8 Å². The summed E-state index contributed by atoms with van der Waals surface area (Å²) in [6.45, 7) is 6.58. The fourth-order valence-electron chi connectivity index (χ4n) is 4.16. The van der Waals surface area contributed by atoms with E-state index in [9.17, 15) is 14.4 Å². The van der Waals surface area contributed by atoms with Gasteiger partial charge in [-0.15, -0.1) is 0 Å². The zero-order valence-electron chi connectivity index (χ0n) is 18.8. The Morgan fingerprint density at radius 3 is 2.53 bits per heavy atom. The molecule has 3 heterocycles. The van der Waals surface area contributed by atoms with Crippen molar-refractivity contribution in [1.82, 2.24) is 15.2 Å². The smallest absolute Gasteiger partial charge is 0.308 e. The molecule has 0 saturated carbocycles. The molecule has 8 nitrogen and oxygen atoms in total. The lowest BCUT2D eigenvalue weighted by Gasteiger charge is -2.31. The first kappa shape index (κ1) is 21.9. The number of amides is 2. The van der Waals surface area contributed by atoms with Crippen LogP contribution in [-0.2, 0) is 14.3 Å². The molecule has 1 aromatic heterocycles. The summed E-state index contributed by atoms with van der Waals surface area (Å²) >= 11 is 0. The molecule has 2 amide bonds. The van der Waals surface area contributed by atoms with Gasteiger partial charge < -0.3 is 15.0 Å². The normalized spacial score (nSPS) is 21.6. The number of amidine groups is 1. The molecule has 1 aromatic carbocycles. The summed E-state index contributed by atoms with van der Waals surface area (Å²) in [7, 11) is 1.38. The first-order valence-corrected chi connectivity index (χ1v) is 10.9. The molecule has 1 fully saturated rings. The lowest BCUT2D eigenvalue weighted by Crippen LogP contribution is -2.42. The van der Waals surface area contributed by atoms with Gasteiger partial charge in [0.15, 0.2) is 5.84 Å². The van der Waals surface area contributed by atoms with E-state index < -0.39 is 5.54 Å². The van der Waals surface area contributed by atoms with Crippen LogP contribution in [-0.4, -0.2) is 59.2 Å². The SMILES string of the molecule is COC(=O)C1CCN(C(=O)c2cc3ccccc3nc2C2=NC(C)(C(C)C)C(=O)N2)CC1. The maximum absolute atomic E-state index is 13.5. The minimum absolute atomic E-state index is 0.0167. The number of nitrogens with one attached hydrogen (secondary N) is 1. The summed E-state index contributed by atoms with van der Waals surface area (Å²) in [6.07, 6.45) is 1.11. The van der Waals surface area contributed by atoms with E-state index in [2.05, 4.69) is 10.3 Å². The number of benzene rings is 1. The lowest BCUT2D eigenvalue weighted by atomic mass is 9.89. The van der Waals surface area contributed by atoms with Gasteiger partial charge in [-0.1, -0.05) is 32.0 Å². The number of aliphatic imine (C=N–C) groups is 1. The van der Waals surface area contributed by atoms with Gasteiger partial charge >= 0.3 is 5.97 Å². The first-order chi connectivity index (χ1) is 15.2. The Bertz CT molecular complexity index is 1120. The van der Waals surface area contributed by atoms with Crippen molar-refractivity contribution < 1.29 is 19.1 Å². The third-order valence-electron chi connectivity index (χ3n) is 6.66. The average molecular weight is 437 g/mol. The minimum Gasteiger partial charge on any atom is -0.469 e. The van der Waals surface area contributed by atoms with Gasteiger partial charge in [0.25, 0.3) is 11.8 Å². The van der Waals surface area contributed by atoms with Crippen LogP contribution >= 0.6 is 0 Å². The van der Waals surface area contributed by atoms with Gasteiger partial charge in [-0.05, 0) is 37.8 Å². The summed E-state index contributed by atoms with van der Waals surface area (Å²) in [5.41, 5.74) is 0.578. The van der Waals surface area contributed by atoms with Gasteiger partial charge in [0.2, 0.25) is 0 Å². The summed E-state index contributed by atoms with van der Waals surface area (Å²) in [6, 6.07) is 9.36. The molecule has 8 heteroatoms. The van der Waals surface area contributed by atoms with Crippen molar-refractivity contribution in [2.45, 2.75) is 39.2 Å². The van der Waals surface area contributed by atoms with Crippen molar-refractivity contribution in [2.24, 2.45) is 16.8 Å². The fraction of sp³-hybridized carbons (Fsp3) is 0.458. The number of aromatic nitrogens is 1. The third kappa shape index (κ3) is 3.74. The molecular weight excluding hydrogens is 408 g/mol. The summed E-state index contributed by atoms with van der Waals surface area (Å²) in [5, 5.41) is 3.69. The molecule has 0 spiro atoms. The Labute approximate surface area is 187 Å². The van der Waals surface area contributed by atoms with E-state index in [0.29, 0.717) is 43.0 Å². The van der Waals surface area contributed by atoms with Crippen molar-refractivity contribution in [1.29, 1.82) is 0 Å². The lowest BCUT2D eigenvalue weighted by molar-refractivity contribution is -0.146. The monoisotopic (exact) mass is 436 g/mol. The van der Waals surface area contributed by atoms with E-state index in [1.54, 1.807) is 11.8 Å². The minimum atomic E-state index is -0.915. The highest BCUT2D eigenvalue weighted by Crippen LogP contribution is 2.29. The predicted octanol–water partition coefficient (Wildman–Crippen LogP) is 2.55. The second-order valence-corrected chi connectivity index (χ2v) is 8.88. The number of hydrogen-bond acceptors (Lipinski definition) is 6. The van der Waals surface area contributed by atoms with Crippen LogP contribution in [0.15, 0.2) is 35.3 Å². The van der Waals surface area contributed by atoms with Gasteiger partial charge in [0.1, 0.15) is 11.2 Å². The number of rotatable bonds is 4. The van der Waals surface area contributed by atoms with E-state index >= 15 is 0 Å². The van der Waals surface area contributed by atoms with Crippen molar-refractivity contribution in [2.75, 3.05) is 20.2 Å². The van der Waals surface area contributed by atoms with Crippen LogP contribution in [0.1, 0.15) is 49.7 Å². The maximum atomic E-state index is 13.5. The van der Waals surface area contributed by atoms with Crippen LogP contribution in [0.25, 0.3) is 10.9 Å². The van der Waals surface area contributed by atoms with Gasteiger partial charge in [-0.3, -0.25) is 14.4 Å². The molecule has 0 bridgehead atoms. The molecule has 1 atom stereocenters. The Hall–Kier alpha value is -3.29. The summed E-state index contributed by atoms with van der Waals surface area (Å²) in [4.78, 5) is 49.2. The van der Waals surface area contributed by atoms with E-state index in [-0.39, 0.29) is 29.6 Å². The Balaban J connectivity index is 1.72. The van der Waals surface area contributed by atoms with Crippen LogP contribution in [0.4, 0.5) is 0 Å². The highest BCUT2D eigenvalue weighted by molar-refractivity contribution is 6.19. The fourth-order valence-corrected chi connectivity index (χ4v) is 4.16. The van der Waals surface area contributed by atoms with Crippen molar-refractivity contribution in [3.8, 4) is 0 Å². The van der Waals surface area contributed by atoms with Crippen LogP contribution < -0.4 is 5.32 Å². The molecule has 32 heavy (non-hydrogen) atoms. The zero-order chi connectivity index (χ0) is 23.0. The van der Waals surface area contributed by atoms with Gasteiger partial charge in [0, 0.05) is 18.5 Å². The molecule has 2 aliphatic rings. The van der Waals surface area contributed by atoms with Crippen molar-refractivity contribution in [3.63, 3.8) is 0 Å². The van der Waals surface area contributed by atoms with Gasteiger partial charge in [-0.2, -0.15) is 0 Å². The number of hydrogen-bond donors (Lipinski definition) is 1. The number of esters is 1. The molecule has 0 radical (unpaired) electrons. The number of carbonyl (C=O) groups is 3. The Morgan fingerprint density at radius 2 is 1.91 bits per heavy atom. The molecule has 4 rings (SSSR count). The van der Waals surface area contributed by atoms with E-state index in [0.717, 1.165) is 10.9 Å². The zero-order valence-corrected chi connectivity index (χ0v) is 18.8. The largest absolute Gasteiger partial charge is 0.469 e. The topological polar surface area (TPSA) is 101 Å². The molecule has 1 unspecified atom stereocenters. The summed E-state index contributed by atoms with van der Waals surface area (Å²) < 4.78 is 4.85. The maximum Gasteiger partial charge on any atom is 0.308 e. The van der Waals surface area contributed by atoms with Gasteiger partial charge in [0.05, 0.1) is 24.1 Å². The molecule has 1 saturated heterocycles. The standard InChI is InChI=1S/C24H28N4O4/c1-14(2)24(3)23(31)26-20(27-24)19-17(13-16-7-5-6-8-18(16)25-19)21(29)28-11-9-15(10-12-28)22(30)32-4/h5-8,13-15H,9-12H2,1-4H3,(H,26,27,31). The number of piperidine rings is 1. The van der Waals surface area contributed by atoms with Crippen LogP contribution in [0.2, 0.25) is 0 Å². The molecule has 2 aromatic rings. The second-order valence-electron chi connectivity index (χ2n) is 8.88. The second kappa shape index (κ2) is 8.33. The number of ether oxygens (including phenoxy) is 1. The number of para-hydroxylation sites is 1. The van der Waals surface area contributed by atoms with Crippen molar-refractivity contribution >= 4 is 34.5 Å². The molecule has 1 N–H and O–H groups in total. The molecule has 168 valence electrons. The highest BCUT2D eigenvalue weighted by Gasteiger charge is 2.43. The first-order valence-electron chi connectivity index (χ1n) is 10.9. The van der Waals surface area contributed by atoms with E-state index in [1.807, 2.05) is 44.2 Å². The third-order valence-corrected chi connectivity index (χ3v) is 6.66. The number of pyridine rings is 1. The van der Waals surface area contributed by atoms with E-state index in [4.69, 9.17) is 9.72 Å². The number of carbonyl (C=O) groups excluding carboxylic acids is 3. The number of fused-ring (bicyclic) bond motifs is 1. The highest BCUT2D eigenvalue weighted by atomic mass is 16.5. The molecule has 2 aliphatic heterocycles. The van der Waals surface area contributed by atoms with Crippen molar-refractivity contribution in [3.05, 3.63) is 41.6 Å². The van der Waals surface area contributed by atoms with Crippen LogP contribution in [0.3, 0.4) is 0 Å². The summed E-state index contributed by atoms with van der Waals surface area (Å²) in [5.74, 6) is -0.502. The molecule has 0 aliphatic carbocycles. The Kier molecular flexibility index (Phi) is 5.71. The number of nitrogens with zero attached hydrogens (tertiary/aromatic N) is 3. The quantitative estimate of drug-likeness (QED) is 0.743.